The lowest BCUT2D eigenvalue weighted by molar-refractivity contribution is 0.590. The van der Waals surface area contributed by atoms with Gasteiger partial charge >= 0.3 is 0 Å². The number of hydrogen-bond acceptors (Lipinski definition) is 2. The third-order valence-electron chi connectivity index (χ3n) is 3.49. The number of hydrogen-bond donors (Lipinski definition) is 2. The van der Waals surface area contributed by atoms with Crippen LogP contribution in [0.1, 0.15) is 56.2 Å². The zero-order valence-electron chi connectivity index (χ0n) is 11.4. The maximum absolute atomic E-state index is 6.17. The Labute approximate surface area is 106 Å². The fourth-order valence-corrected chi connectivity index (χ4v) is 1.97. The lowest BCUT2D eigenvalue weighted by Gasteiger charge is -2.14. The summed E-state index contributed by atoms with van der Waals surface area (Å²) >= 11 is 0. The number of nitrogens with two attached hydrogens (primary N) is 1. The summed E-state index contributed by atoms with van der Waals surface area (Å²) in [7, 11) is 1.98. The summed E-state index contributed by atoms with van der Waals surface area (Å²) in [4.78, 5) is 0. The summed E-state index contributed by atoms with van der Waals surface area (Å²) in [6, 6.07) is 8.99. The molecule has 0 spiro atoms. The first kappa shape index (κ1) is 14.2. The highest BCUT2D eigenvalue weighted by Crippen LogP contribution is 2.22. The molecule has 0 fully saturated rings. The molecule has 1 aromatic carbocycles. The predicted octanol–water partition coefficient (Wildman–Crippen LogP) is 3.20. The normalized spacial score (nSPS) is 14.6. The van der Waals surface area contributed by atoms with Gasteiger partial charge in [0.2, 0.25) is 0 Å². The van der Waals surface area contributed by atoms with Crippen LogP contribution >= 0.6 is 0 Å². The van der Waals surface area contributed by atoms with E-state index in [-0.39, 0.29) is 6.04 Å². The van der Waals surface area contributed by atoms with Gasteiger partial charge in [-0.15, -0.1) is 0 Å². The Bertz CT molecular complexity index is 305. The maximum atomic E-state index is 6.17. The summed E-state index contributed by atoms with van der Waals surface area (Å²) in [6.07, 6.45) is 3.36. The molecule has 2 atom stereocenters. The van der Waals surface area contributed by atoms with E-state index in [0.29, 0.717) is 5.92 Å². The van der Waals surface area contributed by atoms with Crippen LogP contribution in [0.15, 0.2) is 24.3 Å². The van der Waals surface area contributed by atoms with Gasteiger partial charge in [0.05, 0.1) is 0 Å². The van der Waals surface area contributed by atoms with Crippen molar-refractivity contribution < 1.29 is 0 Å². The highest BCUT2D eigenvalue weighted by molar-refractivity contribution is 5.26. The van der Waals surface area contributed by atoms with Gasteiger partial charge < -0.3 is 11.1 Å². The van der Waals surface area contributed by atoms with Gasteiger partial charge in [-0.25, -0.2) is 0 Å². The monoisotopic (exact) mass is 234 g/mol. The molecule has 1 aromatic rings. The first-order chi connectivity index (χ1) is 8.19. The molecular weight excluding hydrogens is 208 g/mol. The molecule has 0 aliphatic carbocycles. The molecule has 2 unspecified atom stereocenters. The predicted molar refractivity (Wildman–Crippen MR) is 75.2 cm³/mol. The second-order valence-electron chi connectivity index (χ2n) is 4.83. The van der Waals surface area contributed by atoms with Crippen LogP contribution in [-0.2, 0) is 0 Å². The summed E-state index contributed by atoms with van der Waals surface area (Å²) in [5.74, 6) is 0.643. The average molecular weight is 234 g/mol. The van der Waals surface area contributed by atoms with E-state index >= 15 is 0 Å². The van der Waals surface area contributed by atoms with E-state index in [1.165, 1.54) is 17.5 Å². The summed E-state index contributed by atoms with van der Waals surface area (Å²) < 4.78 is 0. The van der Waals surface area contributed by atoms with E-state index in [4.69, 9.17) is 5.73 Å². The van der Waals surface area contributed by atoms with Crippen LogP contribution in [0, 0.1) is 0 Å². The largest absolute Gasteiger partial charge is 0.324 e. The van der Waals surface area contributed by atoms with E-state index < -0.39 is 0 Å². The third kappa shape index (κ3) is 4.49. The third-order valence-corrected chi connectivity index (χ3v) is 3.49. The lowest BCUT2D eigenvalue weighted by Crippen LogP contribution is -2.14. The average Bonchev–Trinajstić information content (AvgIpc) is 2.38. The highest BCUT2D eigenvalue weighted by Gasteiger charge is 2.07. The van der Waals surface area contributed by atoms with Crippen molar-refractivity contribution in [1.82, 2.24) is 5.32 Å². The second kappa shape index (κ2) is 7.46. The molecular formula is C15H26N2. The minimum atomic E-state index is 0.175. The zero-order valence-corrected chi connectivity index (χ0v) is 11.4. The van der Waals surface area contributed by atoms with Crippen LogP contribution in [-0.4, -0.2) is 13.6 Å². The minimum Gasteiger partial charge on any atom is -0.324 e. The Kier molecular flexibility index (Phi) is 6.23. The SMILES string of the molecule is CCC(C)c1ccc(C(N)CCCNC)cc1. The van der Waals surface area contributed by atoms with Gasteiger partial charge in [-0.2, -0.15) is 0 Å². The van der Waals surface area contributed by atoms with Crippen molar-refractivity contribution in [3.8, 4) is 0 Å². The maximum Gasteiger partial charge on any atom is 0.0295 e. The topological polar surface area (TPSA) is 38.0 Å². The number of benzene rings is 1. The molecule has 0 saturated carbocycles. The quantitative estimate of drug-likeness (QED) is 0.711. The van der Waals surface area contributed by atoms with Crippen LogP contribution in [0.5, 0.6) is 0 Å². The summed E-state index contributed by atoms with van der Waals surface area (Å²) in [5, 5.41) is 3.15. The molecule has 0 aliphatic rings. The summed E-state index contributed by atoms with van der Waals surface area (Å²) in [6.45, 7) is 5.53. The van der Waals surface area contributed by atoms with Crippen molar-refractivity contribution in [3.63, 3.8) is 0 Å². The zero-order chi connectivity index (χ0) is 12.7. The Balaban J connectivity index is 2.54. The summed E-state index contributed by atoms with van der Waals surface area (Å²) in [5.41, 5.74) is 8.84. The van der Waals surface area contributed by atoms with Gasteiger partial charge in [-0.3, -0.25) is 0 Å². The molecule has 0 radical (unpaired) electrons. The molecule has 0 aromatic heterocycles. The van der Waals surface area contributed by atoms with E-state index in [9.17, 15) is 0 Å². The second-order valence-corrected chi connectivity index (χ2v) is 4.83. The van der Waals surface area contributed by atoms with Crippen LogP contribution in [0.3, 0.4) is 0 Å². The van der Waals surface area contributed by atoms with Crippen molar-refractivity contribution in [2.45, 2.75) is 45.1 Å². The molecule has 2 nitrogen and oxygen atoms in total. The minimum absolute atomic E-state index is 0.175. The van der Waals surface area contributed by atoms with Gasteiger partial charge in [0.1, 0.15) is 0 Å². The Morgan fingerprint density at radius 2 is 1.76 bits per heavy atom. The van der Waals surface area contributed by atoms with E-state index in [1.54, 1.807) is 0 Å². The molecule has 0 bridgehead atoms. The molecule has 3 N–H and O–H groups in total. The molecule has 0 heterocycles. The lowest BCUT2D eigenvalue weighted by atomic mass is 9.95. The van der Waals surface area contributed by atoms with Crippen molar-refractivity contribution in [1.29, 1.82) is 0 Å². The molecule has 0 saturated heterocycles. The van der Waals surface area contributed by atoms with Gasteiger partial charge in [-0.1, -0.05) is 38.1 Å². The van der Waals surface area contributed by atoms with Crippen molar-refractivity contribution in [2.24, 2.45) is 5.73 Å². The molecule has 1 rings (SSSR count). The standard InChI is InChI=1S/C15H26N2/c1-4-12(2)13-7-9-14(10-8-13)15(16)6-5-11-17-3/h7-10,12,15,17H,4-6,11,16H2,1-3H3. The van der Waals surface area contributed by atoms with Crippen LogP contribution in [0.2, 0.25) is 0 Å². The molecule has 96 valence electrons. The van der Waals surface area contributed by atoms with Crippen LogP contribution in [0.25, 0.3) is 0 Å². The number of nitrogens with one attached hydrogen (secondary N) is 1. The van der Waals surface area contributed by atoms with E-state index in [2.05, 4.69) is 43.4 Å². The van der Waals surface area contributed by atoms with Gasteiger partial charge in [0, 0.05) is 6.04 Å². The Hall–Kier alpha value is -0.860. The van der Waals surface area contributed by atoms with E-state index in [1.807, 2.05) is 7.05 Å². The van der Waals surface area contributed by atoms with Gasteiger partial charge in [0.15, 0.2) is 0 Å². The van der Waals surface area contributed by atoms with Gasteiger partial charge in [-0.05, 0) is 49.9 Å². The van der Waals surface area contributed by atoms with Crippen molar-refractivity contribution in [3.05, 3.63) is 35.4 Å². The molecule has 17 heavy (non-hydrogen) atoms. The van der Waals surface area contributed by atoms with Crippen molar-refractivity contribution in [2.75, 3.05) is 13.6 Å². The number of rotatable bonds is 7. The molecule has 0 aliphatic heterocycles. The highest BCUT2D eigenvalue weighted by atomic mass is 14.8. The van der Waals surface area contributed by atoms with Crippen LogP contribution < -0.4 is 11.1 Å². The Morgan fingerprint density at radius 3 is 2.29 bits per heavy atom. The Morgan fingerprint density at radius 1 is 1.18 bits per heavy atom. The molecule has 2 heteroatoms. The van der Waals surface area contributed by atoms with Gasteiger partial charge in [0.25, 0.3) is 0 Å². The first-order valence-corrected chi connectivity index (χ1v) is 6.69. The van der Waals surface area contributed by atoms with Crippen LogP contribution in [0.4, 0.5) is 0 Å². The first-order valence-electron chi connectivity index (χ1n) is 6.69. The fraction of sp³-hybridized carbons (Fsp3) is 0.600. The molecule has 0 amide bonds. The van der Waals surface area contributed by atoms with Crippen molar-refractivity contribution >= 4 is 0 Å². The fourth-order valence-electron chi connectivity index (χ4n) is 1.97. The van der Waals surface area contributed by atoms with E-state index in [0.717, 1.165) is 19.4 Å². The smallest absolute Gasteiger partial charge is 0.0295 e.